The second kappa shape index (κ2) is 3.32. The van der Waals surface area contributed by atoms with E-state index in [9.17, 15) is 0 Å². The van der Waals surface area contributed by atoms with Crippen molar-refractivity contribution in [2.75, 3.05) is 6.61 Å². The number of hydrogen-bond donors (Lipinski definition) is 2. The van der Waals surface area contributed by atoms with Crippen LogP contribution in [-0.2, 0) is 4.74 Å². The Morgan fingerprint density at radius 2 is 2.30 bits per heavy atom. The topological polar surface area (TPSA) is 61.3 Å². The van der Waals surface area contributed by atoms with Crippen LogP contribution in [0.4, 0.5) is 0 Å². The Bertz CT molecular complexity index is 106. The first-order valence-electron chi connectivity index (χ1n) is 3.84. The fourth-order valence-electron chi connectivity index (χ4n) is 1.37. The van der Waals surface area contributed by atoms with Crippen molar-refractivity contribution >= 4 is 0 Å². The molecule has 0 amide bonds. The van der Waals surface area contributed by atoms with Crippen molar-refractivity contribution in [3.63, 3.8) is 0 Å². The van der Waals surface area contributed by atoms with E-state index in [0.29, 0.717) is 0 Å². The van der Waals surface area contributed by atoms with Crippen LogP contribution >= 0.6 is 0 Å². The molecular weight excluding hydrogens is 128 g/mol. The molecule has 1 aliphatic heterocycles. The van der Waals surface area contributed by atoms with E-state index in [-0.39, 0.29) is 18.2 Å². The van der Waals surface area contributed by atoms with Crippen LogP contribution in [0.5, 0.6) is 0 Å². The first kappa shape index (κ1) is 7.98. The predicted molar refractivity (Wildman–Crippen MR) is 40.6 cm³/mol. The summed E-state index contributed by atoms with van der Waals surface area (Å²) in [5.41, 5.74) is 11.4. The summed E-state index contributed by atoms with van der Waals surface area (Å²) in [6, 6.07) is 0.212. The third-order valence-electron chi connectivity index (χ3n) is 1.93. The fourth-order valence-corrected chi connectivity index (χ4v) is 1.37. The van der Waals surface area contributed by atoms with E-state index >= 15 is 0 Å². The van der Waals surface area contributed by atoms with Crippen molar-refractivity contribution < 1.29 is 4.74 Å². The Morgan fingerprint density at radius 1 is 1.60 bits per heavy atom. The zero-order valence-corrected chi connectivity index (χ0v) is 6.42. The van der Waals surface area contributed by atoms with Gasteiger partial charge in [-0.25, -0.2) is 0 Å². The summed E-state index contributed by atoms with van der Waals surface area (Å²) in [4.78, 5) is 0. The van der Waals surface area contributed by atoms with E-state index in [1.165, 1.54) is 0 Å². The van der Waals surface area contributed by atoms with Crippen LogP contribution in [-0.4, -0.2) is 24.8 Å². The molecule has 3 unspecified atom stereocenters. The van der Waals surface area contributed by atoms with Crippen molar-refractivity contribution in [2.45, 2.75) is 38.0 Å². The highest BCUT2D eigenvalue weighted by atomic mass is 16.5. The molecule has 3 nitrogen and oxygen atoms in total. The van der Waals surface area contributed by atoms with E-state index in [2.05, 4.69) is 0 Å². The average Bonchev–Trinajstić information content (AvgIpc) is 1.88. The van der Waals surface area contributed by atoms with E-state index in [4.69, 9.17) is 16.2 Å². The van der Waals surface area contributed by atoms with Gasteiger partial charge in [0, 0.05) is 18.7 Å². The molecule has 0 radical (unpaired) electrons. The van der Waals surface area contributed by atoms with Crippen molar-refractivity contribution in [1.82, 2.24) is 0 Å². The quantitative estimate of drug-likeness (QED) is 0.537. The maximum Gasteiger partial charge on any atom is 0.0873 e. The van der Waals surface area contributed by atoms with Crippen LogP contribution in [0, 0.1) is 0 Å². The maximum atomic E-state index is 5.77. The fraction of sp³-hybridized carbons (Fsp3) is 1.00. The molecule has 0 spiro atoms. The Morgan fingerprint density at radius 3 is 2.70 bits per heavy atom. The van der Waals surface area contributed by atoms with Gasteiger partial charge in [0.15, 0.2) is 0 Å². The van der Waals surface area contributed by atoms with Crippen molar-refractivity contribution in [1.29, 1.82) is 0 Å². The third-order valence-corrected chi connectivity index (χ3v) is 1.93. The predicted octanol–water partition coefficient (Wildman–Crippen LogP) is -0.160. The van der Waals surface area contributed by atoms with Crippen LogP contribution in [0.15, 0.2) is 0 Å². The smallest absolute Gasteiger partial charge is 0.0873 e. The molecule has 4 N–H and O–H groups in total. The minimum absolute atomic E-state index is 0.0651. The van der Waals surface area contributed by atoms with Gasteiger partial charge in [-0.2, -0.15) is 0 Å². The molecule has 0 aliphatic carbocycles. The first-order valence-corrected chi connectivity index (χ1v) is 3.84. The van der Waals surface area contributed by atoms with Gasteiger partial charge in [0.25, 0.3) is 0 Å². The van der Waals surface area contributed by atoms with Crippen molar-refractivity contribution in [2.24, 2.45) is 11.5 Å². The Labute approximate surface area is 61.7 Å². The third kappa shape index (κ3) is 1.68. The summed E-state index contributed by atoms with van der Waals surface area (Å²) in [5.74, 6) is 0. The molecule has 1 aliphatic rings. The molecule has 3 heteroatoms. The van der Waals surface area contributed by atoms with Gasteiger partial charge in [-0.1, -0.05) is 0 Å². The van der Waals surface area contributed by atoms with Gasteiger partial charge >= 0.3 is 0 Å². The lowest BCUT2D eigenvalue weighted by atomic mass is 9.99. The molecule has 1 saturated heterocycles. The normalized spacial score (nSPS) is 37.5. The molecule has 0 aromatic heterocycles. The van der Waals surface area contributed by atoms with Gasteiger partial charge in [0.05, 0.1) is 6.10 Å². The molecule has 0 aromatic carbocycles. The molecule has 0 bridgehead atoms. The maximum absolute atomic E-state index is 5.77. The lowest BCUT2D eigenvalue weighted by Crippen LogP contribution is -2.50. The lowest BCUT2D eigenvalue weighted by Gasteiger charge is -2.31. The van der Waals surface area contributed by atoms with Gasteiger partial charge in [-0.05, 0) is 19.8 Å². The lowest BCUT2D eigenvalue weighted by molar-refractivity contribution is -0.0101. The van der Waals surface area contributed by atoms with Crippen LogP contribution in [0.1, 0.15) is 19.8 Å². The Hall–Kier alpha value is -0.120. The monoisotopic (exact) mass is 144 g/mol. The standard InChI is InChI=1S/C7H16N2O/c1-5(8)7-6(9)3-2-4-10-7/h5-7H,2-4,8-9H2,1H3. The SMILES string of the molecule is CC(N)C1OCCCC1N. The number of hydrogen-bond acceptors (Lipinski definition) is 3. The zero-order valence-electron chi connectivity index (χ0n) is 6.42. The summed E-state index contributed by atoms with van der Waals surface area (Å²) < 4.78 is 5.40. The number of ether oxygens (including phenoxy) is 1. The molecule has 1 fully saturated rings. The minimum Gasteiger partial charge on any atom is -0.375 e. The van der Waals surface area contributed by atoms with E-state index in [1.807, 2.05) is 6.92 Å². The van der Waals surface area contributed by atoms with Crippen LogP contribution in [0.3, 0.4) is 0 Å². The second-order valence-electron chi connectivity index (χ2n) is 3.00. The highest BCUT2D eigenvalue weighted by Crippen LogP contribution is 2.13. The molecular formula is C7H16N2O. The molecule has 60 valence electrons. The first-order chi connectivity index (χ1) is 4.72. The second-order valence-corrected chi connectivity index (χ2v) is 3.00. The summed E-state index contributed by atoms with van der Waals surface area (Å²) in [6.45, 7) is 2.76. The summed E-state index contributed by atoms with van der Waals surface area (Å²) in [7, 11) is 0. The van der Waals surface area contributed by atoms with E-state index in [0.717, 1.165) is 19.4 Å². The van der Waals surface area contributed by atoms with Crippen molar-refractivity contribution in [3.05, 3.63) is 0 Å². The molecule has 3 atom stereocenters. The van der Waals surface area contributed by atoms with Crippen LogP contribution in [0.25, 0.3) is 0 Å². The summed E-state index contributed by atoms with van der Waals surface area (Å²) >= 11 is 0. The molecule has 1 heterocycles. The Balaban J connectivity index is 2.40. The van der Waals surface area contributed by atoms with Gasteiger partial charge in [0.1, 0.15) is 0 Å². The van der Waals surface area contributed by atoms with E-state index in [1.54, 1.807) is 0 Å². The molecule has 0 aromatic rings. The highest BCUT2D eigenvalue weighted by Gasteiger charge is 2.25. The van der Waals surface area contributed by atoms with Gasteiger partial charge in [-0.3, -0.25) is 0 Å². The summed E-state index contributed by atoms with van der Waals surface area (Å²) in [5, 5.41) is 0. The van der Waals surface area contributed by atoms with Gasteiger partial charge in [-0.15, -0.1) is 0 Å². The van der Waals surface area contributed by atoms with Gasteiger partial charge < -0.3 is 16.2 Å². The van der Waals surface area contributed by atoms with Crippen LogP contribution < -0.4 is 11.5 Å². The zero-order chi connectivity index (χ0) is 7.56. The summed E-state index contributed by atoms with van der Waals surface area (Å²) in [6.07, 6.45) is 2.20. The largest absolute Gasteiger partial charge is 0.375 e. The molecule has 1 rings (SSSR count). The highest BCUT2D eigenvalue weighted by molar-refractivity contribution is 4.83. The Kier molecular flexibility index (Phi) is 2.65. The molecule has 10 heavy (non-hydrogen) atoms. The van der Waals surface area contributed by atoms with E-state index < -0.39 is 0 Å². The van der Waals surface area contributed by atoms with Gasteiger partial charge in [0.2, 0.25) is 0 Å². The number of rotatable bonds is 1. The number of nitrogens with two attached hydrogens (primary N) is 2. The average molecular weight is 144 g/mol. The van der Waals surface area contributed by atoms with Crippen molar-refractivity contribution in [3.8, 4) is 0 Å². The van der Waals surface area contributed by atoms with Crippen LogP contribution in [0.2, 0.25) is 0 Å². The minimum atomic E-state index is 0.0651. The molecule has 0 saturated carbocycles.